The summed E-state index contributed by atoms with van der Waals surface area (Å²) in [6, 6.07) is 5.19. The molecule has 0 aliphatic carbocycles. The molecular weight excluding hydrogens is 421 g/mol. The van der Waals surface area contributed by atoms with Gasteiger partial charge in [-0.15, -0.1) is 0 Å². The van der Waals surface area contributed by atoms with Crippen LogP contribution >= 0.6 is 7.60 Å². The highest BCUT2D eigenvalue weighted by Gasteiger charge is 2.37. The van der Waals surface area contributed by atoms with Crippen LogP contribution in [-0.4, -0.2) is 35.4 Å². The van der Waals surface area contributed by atoms with Crippen LogP contribution in [0.4, 0.5) is 5.69 Å². The van der Waals surface area contributed by atoms with E-state index in [2.05, 4.69) is 6.92 Å². The van der Waals surface area contributed by atoms with Crippen LogP contribution in [0.15, 0.2) is 36.4 Å². The second kappa shape index (κ2) is 13.4. The lowest BCUT2D eigenvalue weighted by Crippen LogP contribution is -2.20. The number of rotatable bonds is 14. The van der Waals surface area contributed by atoms with Crippen molar-refractivity contribution in [2.45, 2.75) is 78.2 Å². The molecule has 0 amide bonds. The van der Waals surface area contributed by atoms with Crippen molar-refractivity contribution in [2.75, 3.05) is 6.61 Å². The first-order valence-electron chi connectivity index (χ1n) is 10.6. The molecule has 0 unspecified atom stereocenters. The van der Waals surface area contributed by atoms with E-state index in [1.54, 1.807) is 27.7 Å². The first-order chi connectivity index (χ1) is 14.6. The molecule has 0 aliphatic heterocycles. The van der Waals surface area contributed by atoms with Crippen molar-refractivity contribution < 1.29 is 28.1 Å². The molecule has 174 valence electrons. The number of nitrogens with zero attached hydrogens (tertiary/aromatic N) is 1. The van der Waals surface area contributed by atoms with Gasteiger partial charge < -0.3 is 13.8 Å². The van der Waals surface area contributed by atoms with E-state index in [0.29, 0.717) is 12.8 Å². The molecule has 1 aromatic rings. The summed E-state index contributed by atoms with van der Waals surface area (Å²) in [5.41, 5.74) is -0.354. The summed E-state index contributed by atoms with van der Waals surface area (Å²) in [4.78, 5) is 22.5. The lowest BCUT2D eigenvalue weighted by atomic mass is 10.2. The molecule has 0 fully saturated rings. The van der Waals surface area contributed by atoms with E-state index in [4.69, 9.17) is 13.8 Å². The number of hydrogen-bond donors (Lipinski definition) is 0. The summed E-state index contributed by atoms with van der Waals surface area (Å²) in [5.74, 6) is -0.598. The number of allylic oxidation sites excluding steroid dienone is 2. The van der Waals surface area contributed by atoms with Crippen molar-refractivity contribution in [3.8, 4) is 0 Å². The van der Waals surface area contributed by atoms with Crippen LogP contribution in [0.5, 0.6) is 0 Å². The third-order valence-corrected chi connectivity index (χ3v) is 6.99. The SMILES string of the molecule is CCC/C=C\C[C@H](CCOC(=O)c1ccc([N+](=O)[O-])cc1)P(=O)(OC(C)C)OC(C)C. The first kappa shape index (κ1) is 27.0. The van der Waals surface area contributed by atoms with E-state index in [9.17, 15) is 19.5 Å². The Labute approximate surface area is 184 Å². The van der Waals surface area contributed by atoms with Crippen LogP contribution in [0.1, 0.15) is 70.7 Å². The molecule has 0 saturated heterocycles. The van der Waals surface area contributed by atoms with Crippen molar-refractivity contribution in [1.82, 2.24) is 0 Å². The highest BCUT2D eigenvalue weighted by Crippen LogP contribution is 2.57. The Morgan fingerprint density at radius 3 is 2.16 bits per heavy atom. The summed E-state index contributed by atoms with van der Waals surface area (Å²) in [6.45, 7) is 9.30. The number of ether oxygens (including phenoxy) is 1. The van der Waals surface area contributed by atoms with Gasteiger partial charge in [0.05, 0.1) is 35.0 Å². The average Bonchev–Trinajstić information content (AvgIpc) is 2.68. The Balaban J connectivity index is 2.87. The minimum Gasteiger partial charge on any atom is -0.462 e. The molecule has 31 heavy (non-hydrogen) atoms. The zero-order chi connectivity index (χ0) is 23.4. The van der Waals surface area contributed by atoms with Crippen LogP contribution in [0, 0.1) is 10.1 Å². The predicted octanol–water partition coefficient (Wildman–Crippen LogP) is 6.30. The molecule has 0 N–H and O–H groups in total. The van der Waals surface area contributed by atoms with Crippen LogP contribution < -0.4 is 0 Å². The highest BCUT2D eigenvalue weighted by atomic mass is 31.2. The van der Waals surface area contributed by atoms with Gasteiger partial charge in [-0.05, 0) is 59.1 Å². The number of nitro groups is 1. The van der Waals surface area contributed by atoms with Crippen molar-refractivity contribution in [1.29, 1.82) is 0 Å². The number of non-ortho nitro benzene ring substituents is 1. The zero-order valence-electron chi connectivity index (χ0n) is 19.0. The van der Waals surface area contributed by atoms with Crippen molar-refractivity contribution in [3.63, 3.8) is 0 Å². The number of carbonyl (C=O) groups excluding carboxylic acids is 1. The smallest absolute Gasteiger partial charge is 0.338 e. The molecule has 1 aromatic carbocycles. The number of carbonyl (C=O) groups is 1. The zero-order valence-corrected chi connectivity index (χ0v) is 19.9. The Morgan fingerprint density at radius 2 is 1.68 bits per heavy atom. The summed E-state index contributed by atoms with van der Waals surface area (Å²) in [6.07, 6.45) is 6.14. The number of benzene rings is 1. The van der Waals surface area contributed by atoms with Crippen molar-refractivity contribution in [2.24, 2.45) is 0 Å². The van der Waals surface area contributed by atoms with Crippen LogP contribution in [0.3, 0.4) is 0 Å². The van der Waals surface area contributed by atoms with Gasteiger partial charge in [0.15, 0.2) is 0 Å². The molecular formula is C22H34NO7P. The molecule has 0 bridgehead atoms. The number of unbranched alkanes of at least 4 members (excludes halogenated alkanes) is 1. The fourth-order valence-electron chi connectivity index (χ4n) is 2.82. The number of hydrogen-bond acceptors (Lipinski definition) is 7. The third-order valence-electron chi connectivity index (χ3n) is 4.19. The highest BCUT2D eigenvalue weighted by molar-refractivity contribution is 7.54. The first-order valence-corrected chi connectivity index (χ1v) is 12.2. The number of esters is 1. The second-order valence-corrected chi connectivity index (χ2v) is 9.96. The molecule has 8 nitrogen and oxygen atoms in total. The van der Waals surface area contributed by atoms with Gasteiger partial charge in [-0.3, -0.25) is 14.7 Å². The molecule has 0 heterocycles. The van der Waals surface area contributed by atoms with Gasteiger partial charge in [0, 0.05) is 12.1 Å². The van der Waals surface area contributed by atoms with Gasteiger partial charge in [0.1, 0.15) is 0 Å². The molecule has 1 rings (SSSR count). The molecule has 1 atom stereocenters. The van der Waals surface area contributed by atoms with Gasteiger partial charge in [0.2, 0.25) is 0 Å². The monoisotopic (exact) mass is 455 g/mol. The van der Waals surface area contributed by atoms with Gasteiger partial charge in [-0.1, -0.05) is 25.5 Å². The summed E-state index contributed by atoms with van der Waals surface area (Å²) in [7, 11) is -3.46. The molecule has 9 heteroatoms. The molecule has 0 spiro atoms. The van der Waals surface area contributed by atoms with E-state index < -0.39 is 24.1 Å². The lowest BCUT2D eigenvalue weighted by Gasteiger charge is -2.29. The van der Waals surface area contributed by atoms with Crippen LogP contribution in [0.25, 0.3) is 0 Å². The van der Waals surface area contributed by atoms with E-state index in [1.807, 2.05) is 12.2 Å². The molecule has 0 radical (unpaired) electrons. The molecule has 0 aromatic heterocycles. The van der Waals surface area contributed by atoms with Gasteiger partial charge in [-0.25, -0.2) is 4.79 Å². The molecule has 0 saturated carbocycles. The minimum absolute atomic E-state index is 0.0228. The van der Waals surface area contributed by atoms with Crippen LogP contribution in [-0.2, 0) is 18.3 Å². The topological polar surface area (TPSA) is 105 Å². The van der Waals surface area contributed by atoms with Crippen LogP contribution in [0.2, 0.25) is 0 Å². The summed E-state index contributed by atoms with van der Waals surface area (Å²) >= 11 is 0. The Hall–Kier alpha value is -2.02. The maximum Gasteiger partial charge on any atom is 0.338 e. The third kappa shape index (κ3) is 9.76. The average molecular weight is 455 g/mol. The van der Waals surface area contributed by atoms with Gasteiger partial charge in [0.25, 0.3) is 5.69 Å². The summed E-state index contributed by atoms with van der Waals surface area (Å²) < 4.78 is 30.4. The Morgan fingerprint density at radius 1 is 1.10 bits per heavy atom. The predicted molar refractivity (Wildman–Crippen MR) is 120 cm³/mol. The minimum atomic E-state index is -3.46. The largest absolute Gasteiger partial charge is 0.462 e. The Bertz CT molecular complexity index is 761. The normalized spacial score (nSPS) is 13.1. The number of nitro benzene ring substituents is 1. The van der Waals surface area contributed by atoms with Crippen molar-refractivity contribution in [3.05, 3.63) is 52.1 Å². The van der Waals surface area contributed by atoms with Crippen molar-refractivity contribution >= 4 is 19.3 Å². The summed E-state index contributed by atoms with van der Waals surface area (Å²) in [5, 5.41) is 10.7. The van der Waals surface area contributed by atoms with Gasteiger partial charge in [-0.2, -0.15) is 0 Å². The standard InChI is InChI=1S/C22H34NO7P/c1-6-7-8-9-10-21(31(27,29-17(2)3)30-18(4)5)15-16-28-22(24)19-11-13-20(14-12-19)23(25)26/h8-9,11-14,17-18,21H,6-7,10,15-16H2,1-5H3/b9-8-/t21-/m1/s1. The van der Waals surface area contributed by atoms with E-state index >= 15 is 0 Å². The fraction of sp³-hybridized carbons (Fsp3) is 0.591. The van der Waals surface area contributed by atoms with E-state index in [1.165, 1.54) is 24.3 Å². The van der Waals surface area contributed by atoms with E-state index in [0.717, 1.165) is 12.8 Å². The van der Waals surface area contributed by atoms with Gasteiger partial charge >= 0.3 is 13.6 Å². The fourth-order valence-corrected chi connectivity index (χ4v) is 5.19. The maximum atomic E-state index is 13.6. The lowest BCUT2D eigenvalue weighted by molar-refractivity contribution is -0.384. The molecule has 0 aliphatic rings. The maximum absolute atomic E-state index is 13.6. The van der Waals surface area contributed by atoms with E-state index in [-0.39, 0.29) is 30.1 Å². The second-order valence-electron chi connectivity index (χ2n) is 7.73. The Kier molecular flexibility index (Phi) is 11.7. The quantitative estimate of drug-likeness (QED) is 0.107.